The lowest BCUT2D eigenvalue weighted by Gasteiger charge is -2.15. The average molecular weight is 362 g/mol. The van der Waals surface area contributed by atoms with Gasteiger partial charge in [0.2, 0.25) is 0 Å². The zero-order valence-corrected chi connectivity index (χ0v) is 13.6. The lowest BCUT2D eigenvalue weighted by atomic mass is 10.5. The van der Waals surface area contributed by atoms with Crippen molar-refractivity contribution in [2.24, 2.45) is 0 Å². The van der Waals surface area contributed by atoms with Gasteiger partial charge < -0.3 is 20.3 Å². The van der Waals surface area contributed by atoms with Crippen molar-refractivity contribution >= 4 is 57.2 Å². The highest BCUT2D eigenvalue weighted by molar-refractivity contribution is 8.29. The first kappa shape index (κ1) is 16.0. The standard InChI is InChI=1S/C10H10N4O3S4/c18-9(11-7-3-1-5-15-13-7)20-17-21-10(19)12-8-4-2-6-16-14-8/h1-6,13-14H,(H,11,18)(H,12,19). The molecule has 112 valence electrons. The third-order valence-electron chi connectivity index (χ3n) is 1.85. The third-order valence-corrected chi connectivity index (χ3v) is 3.51. The van der Waals surface area contributed by atoms with Crippen LogP contribution >= 0.6 is 48.5 Å². The molecule has 21 heavy (non-hydrogen) atoms. The molecule has 0 bridgehead atoms. The highest BCUT2D eigenvalue weighted by Gasteiger charge is 2.07. The molecule has 0 saturated carbocycles. The van der Waals surface area contributed by atoms with E-state index in [1.165, 1.54) is 12.5 Å². The number of hydrogen-bond acceptors (Lipinski definition) is 9. The van der Waals surface area contributed by atoms with Crippen molar-refractivity contribution < 1.29 is 13.3 Å². The van der Waals surface area contributed by atoms with Crippen molar-refractivity contribution in [2.45, 2.75) is 0 Å². The van der Waals surface area contributed by atoms with Crippen molar-refractivity contribution in [3.8, 4) is 0 Å². The fourth-order valence-corrected chi connectivity index (χ4v) is 2.74. The fraction of sp³-hybridized carbons (Fsp3) is 0. The zero-order chi connectivity index (χ0) is 14.9. The Labute approximate surface area is 140 Å². The minimum atomic E-state index is 0.407. The lowest BCUT2D eigenvalue weighted by Crippen LogP contribution is -2.30. The summed E-state index contributed by atoms with van der Waals surface area (Å²) in [6.07, 6.45) is 9.99. The summed E-state index contributed by atoms with van der Waals surface area (Å²) in [6.45, 7) is 0. The number of thiocarbonyl (C=S) groups is 2. The van der Waals surface area contributed by atoms with Crippen LogP contribution in [0, 0.1) is 0 Å². The summed E-state index contributed by atoms with van der Waals surface area (Å²) in [4.78, 5) is 9.75. The van der Waals surface area contributed by atoms with E-state index in [2.05, 4.69) is 21.6 Å². The summed E-state index contributed by atoms with van der Waals surface area (Å²) in [6, 6.07) is 0. The molecule has 0 aromatic rings. The summed E-state index contributed by atoms with van der Waals surface area (Å²) in [5.41, 5.74) is 5.26. The zero-order valence-electron chi connectivity index (χ0n) is 10.3. The van der Waals surface area contributed by atoms with Gasteiger partial charge in [-0.1, -0.05) is 24.4 Å². The van der Waals surface area contributed by atoms with Crippen LogP contribution < -0.4 is 21.6 Å². The van der Waals surface area contributed by atoms with E-state index in [1.54, 1.807) is 24.3 Å². The first-order valence-electron chi connectivity index (χ1n) is 5.44. The molecule has 0 fully saturated rings. The molecule has 11 heteroatoms. The smallest absolute Gasteiger partial charge is 0.168 e. The van der Waals surface area contributed by atoms with E-state index in [0.717, 1.165) is 24.1 Å². The number of hydroxylamine groups is 2. The first-order chi connectivity index (χ1) is 10.2. The summed E-state index contributed by atoms with van der Waals surface area (Å²) < 4.78 is 6.05. The molecule has 0 aromatic heterocycles. The SMILES string of the molecule is S=C(NC1=CC=CON1)SOSC(=S)NC1=CC=CON1. The predicted molar refractivity (Wildman–Crippen MR) is 90.6 cm³/mol. The van der Waals surface area contributed by atoms with Gasteiger partial charge >= 0.3 is 0 Å². The number of nitrogens with one attached hydrogen (secondary N) is 4. The maximum Gasteiger partial charge on any atom is 0.168 e. The van der Waals surface area contributed by atoms with Crippen LogP contribution in [0.4, 0.5) is 0 Å². The van der Waals surface area contributed by atoms with Gasteiger partial charge in [-0.15, -0.1) is 0 Å². The second-order valence-electron chi connectivity index (χ2n) is 3.32. The van der Waals surface area contributed by atoms with E-state index >= 15 is 0 Å². The Morgan fingerprint density at radius 1 is 0.952 bits per heavy atom. The second-order valence-corrected chi connectivity index (χ2v) is 6.34. The fourth-order valence-electron chi connectivity index (χ4n) is 1.09. The predicted octanol–water partition coefficient (Wildman–Crippen LogP) is 1.83. The van der Waals surface area contributed by atoms with Crippen LogP contribution in [0.25, 0.3) is 0 Å². The van der Waals surface area contributed by atoms with Crippen LogP contribution in [-0.4, -0.2) is 8.64 Å². The molecule has 2 rings (SSSR count). The largest absolute Gasteiger partial charge is 0.389 e. The molecule has 2 aliphatic heterocycles. The van der Waals surface area contributed by atoms with Crippen molar-refractivity contribution in [3.63, 3.8) is 0 Å². The normalized spacial score (nSPS) is 15.4. The molecule has 0 aromatic carbocycles. The van der Waals surface area contributed by atoms with Crippen LogP contribution in [0.1, 0.15) is 0 Å². The van der Waals surface area contributed by atoms with Crippen LogP contribution in [0.2, 0.25) is 0 Å². The molecule has 0 unspecified atom stereocenters. The molecular weight excluding hydrogens is 352 g/mol. The van der Waals surface area contributed by atoms with Crippen LogP contribution in [0.5, 0.6) is 0 Å². The second kappa shape index (κ2) is 8.79. The lowest BCUT2D eigenvalue weighted by molar-refractivity contribution is 0.155. The third kappa shape index (κ3) is 6.27. The minimum absolute atomic E-state index is 0.407. The molecule has 4 N–H and O–H groups in total. The van der Waals surface area contributed by atoms with Crippen LogP contribution in [0.3, 0.4) is 0 Å². The summed E-state index contributed by atoms with van der Waals surface area (Å²) >= 11 is 12.1. The van der Waals surface area contributed by atoms with Crippen LogP contribution in [0.15, 0.2) is 48.5 Å². The summed E-state index contributed by atoms with van der Waals surface area (Å²) in [5, 5.41) is 5.77. The Hall–Kier alpha value is -1.40. The Morgan fingerprint density at radius 3 is 1.81 bits per heavy atom. The first-order valence-corrected chi connectivity index (χ1v) is 7.74. The molecule has 2 aliphatic rings. The van der Waals surface area contributed by atoms with Gasteiger partial charge in [0.25, 0.3) is 0 Å². The Balaban J connectivity index is 1.62. The number of hydrogen-bond donors (Lipinski definition) is 4. The van der Waals surface area contributed by atoms with Gasteiger partial charge in [-0.2, -0.15) is 0 Å². The maximum atomic E-state index is 5.24. The molecule has 0 spiro atoms. The van der Waals surface area contributed by atoms with E-state index in [4.69, 9.17) is 37.7 Å². The van der Waals surface area contributed by atoms with E-state index in [9.17, 15) is 0 Å². The van der Waals surface area contributed by atoms with Gasteiger partial charge in [-0.3, -0.25) is 0 Å². The van der Waals surface area contributed by atoms with Gasteiger partial charge in [0.15, 0.2) is 8.64 Å². The monoisotopic (exact) mass is 362 g/mol. The van der Waals surface area contributed by atoms with E-state index < -0.39 is 0 Å². The molecule has 0 saturated heterocycles. The maximum absolute atomic E-state index is 5.24. The highest BCUT2D eigenvalue weighted by Crippen LogP contribution is 2.17. The van der Waals surface area contributed by atoms with E-state index in [-0.39, 0.29) is 0 Å². The molecule has 2 heterocycles. The molecule has 7 nitrogen and oxygen atoms in total. The summed E-state index contributed by atoms with van der Waals surface area (Å²) in [5.74, 6) is 1.23. The van der Waals surface area contributed by atoms with Gasteiger partial charge in [0.1, 0.15) is 24.2 Å². The average Bonchev–Trinajstić information content (AvgIpc) is 2.49. The van der Waals surface area contributed by atoms with Gasteiger partial charge in [-0.05, 0) is 24.3 Å². The van der Waals surface area contributed by atoms with Crippen LogP contribution in [-0.2, 0) is 13.3 Å². The van der Waals surface area contributed by atoms with Gasteiger partial charge in [0.05, 0.1) is 24.1 Å². The molecular formula is C10H10N4O3S4. The minimum Gasteiger partial charge on any atom is -0.389 e. The quantitative estimate of drug-likeness (QED) is 0.437. The van der Waals surface area contributed by atoms with Crippen molar-refractivity contribution in [1.29, 1.82) is 0 Å². The molecule has 0 atom stereocenters. The Bertz CT molecular complexity index is 486. The van der Waals surface area contributed by atoms with Crippen molar-refractivity contribution in [2.75, 3.05) is 0 Å². The topological polar surface area (TPSA) is 75.8 Å². The number of rotatable bonds is 4. The van der Waals surface area contributed by atoms with E-state index in [1.807, 2.05) is 0 Å². The summed E-state index contributed by atoms with van der Waals surface area (Å²) in [7, 11) is 0. The van der Waals surface area contributed by atoms with Crippen molar-refractivity contribution in [3.05, 3.63) is 48.5 Å². The molecule has 0 amide bonds. The van der Waals surface area contributed by atoms with Gasteiger partial charge in [0, 0.05) is 0 Å². The van der Waals surface area contributed by atoms with Gasteiger partial charge in [-0.25, -0.2) is 14.6 Å². The Kier molecular flexibility index (Phi) is 6.69. The van der Waals surface area contributed by atoms with Crippen molar-refractivity contribution in [1.82, 2.24) is 21.6 Å². The Morgan fingerprint density at radius 2 is 1.43 bits per heavy atom. The molecule has 0 aliphatic carbocycles. The number of allylic oxidation sites excluding steroid dienone is 4. The van der Waals surface area contributed by atoms with E-state index in [0.29, 0.717) is 20.3 Å². The highest BCUT2D eigenvalue weighted by atomic mass is 32.2. The molecule has 0 radical (unpaired) electrons.